The molecule has 1 atom stereocenters. The summed E-state index contributed by atoms with van der Waals surface area (Å²) in [4.78, 5) is 14.4. The smallest absolute Gasteiger partial charge is 0.387 e. The van der Waals surface area contributed by atoms with Crippen molar-refractivity contribution in [1.29, 1.82) is 0 Å². The van der Waals surface area contributed by atoms with Crippen molar-refractivity contribution >= 4 is 11.6 Å². The third kappa shape index (κ3) is 4.19. The molecule has 1 aromatic rings. The number of hydrogen-bond donors (Lipinski definition) is 2. The zero-order valence-corrected chi connectivity index (χ0v) is 13.9. The van der Waals surface area contributed by atoms with Crippen LogP contribution in [0.2, 0.25) is 0 Å². The van der Waals surface area contributed by atoms with Crippen molar-refractivity contribution in [3.8, 4) is 5.75 Å². The number of nitrogens with one attached hydrogen (secondary N) is 1. The fourth-order valence-corrected chi connectivity index (χ4v) is 3.30. The molecule has 0 bridgehead atoms. The van der Waals surface area contributed by atoms with Crippen LogP contribution in [0.5, 0.6) is 5.75 Å². The highest BCUT2D eigenvalue weighted by atomic mass is 19.3. The van der Waals surface area contributed by atoms with Crippen LogP contribution < -0.4 is 20.7 Å². The summed E-state index contributed by atoms with van der Waals surface area (Å²) in [6, 6.07) is 6.61. The first-order valence-electron chi connectivity index (χ1n) is 8.44. The number of alkyl halides is 2. The molecule has 3 N–H and O–H groups in total. The number of rotatable bonds is 5. The van der Waals surface area contributed by atoms with Gasteiger partial charge in [0.2, 0.25) is 5.91 Å². The summed E-state index contributed by atoms with van der Waals surface area (Å²) in [7, 11) is 0. The average Bonchev–Trinajstić information content (AvgIpc) is 3.04. The molecule has 3 rings (SSSR count). The van der Waals surface area contributed by atoms with Crippen LogP contribution in [0, 0.1) is 0 Å². The predicted molar refractivity (Wildman–Crippen MR) is 88.8 cm³/mol. The summed E-state index contributed by atoms with van der Waals surface area (Å²) in [5.74, 6) is -0.0241. The number of ether oxygens (including phenoxy) is 2. The predicted octanol–water partition coefficient (Wildman–Crippen LogP) is 1.49. The van der Waals surface area contributed by atoms with Crippen molar-refractivity contribution in [2.75, 3.05) is 31.2 Å². The summed E-state index contributed by atoms with van der Waals surface area (Å²) in [6.45, 7) is -0.722. The molecule has 138 valence electrons. The van der Waals surface area contributed by atoms with Gasteiger partial charge in [-0.2, -0.15) is 8.78 Å². The number of halogens is 2. The van der Waals surface area contributed by atoms with Gasteiger partial charge in [0.15, 0.2) is 0 Å². The van der Waals surface area contributed by atoms with Gasteiger partial charge in [-0.1, -0.05) is 12.1 Å². The Hall–Kier alpha value is -1.93. The van der Waals surface area contributed by atoms with Gasteiger partial charge in [-0.3, -0.25) is 4.79 Å². The first kappa shape index (κ1) is 17.9. The molecule has 2 saturated heterocycles. The molecule has 0 spiro atoms. The van der Waals surface area contributed by atoms with E-state index in [1.54, 1.807) is 18.2 Å². The lowest BCUT2D eigenvalue weighted by Gasteiger charge is -2.33. The zero-order chi connectivity index (χ0) is 17.9. The molecule has 0 radical (unpaired) electrons. The normalized spacial score (nSPS) is 22.9. The SMILES string of the molecule is NC1(C(=O)NC2CCN(c3ccccc3OC(F)F)C2)CCOCC1. The summed E-state index contributed by atoms with van der Waals surface area (Å²) in [6.07, 6.45) is 1.72. The maximum absolute atomic E-state index is 12.6. The van der Waals surface area contributed by atoms with Gasteiger partial charge >= 0.3 is 6.61 Å². The lowest BCUT2D eigenvalue weighted by Crippen LogP contribution is -2.59. The minimum Gasteiger partial charge on any atom is -0.433 e. The Bertz CT molecular complexity index is 609. The van der Waals surface area contributed by atoms with Crippen LogP contribution in [-0.4, -0.2) is 50.4 Å². The molecule has 0 aromatic heterocycles. The van der Waals surface area contributed by atoms with Crippen LogP contribution in [0.4, 0.5) is 14.5 Å². The van der Waals surface area contributed by atoms with Crippen molar-refractivity contribution in [2.24, 2.45) is 5.73 Å². The molecule has 6 nitrogen and oxygen atoms in total. The number of para-hydroxylation sites is 2. The summed E-state index contributed by atoms with van der Waals surface area (Å²) >= 11 is 0. The molecule has 2 aliphatic rings. The molecule has 1 amide bonds. The van der Waals surface area contributed by atoms with Gasteiger partial charge in [0, 0.05) is 32.3 Å². The maximum Gasteiger partial charge on any atom is 0.387 e. The monoisotopic (exact) mass is 355 g/mol. The third-order valence-corrected chi connectivity index (χ3v) is 4.78. The fourth-order valence-electron chi connectivity index (χ4n) is 3.30. The van der Waals surface area contributed by atoms with E-state index in [1.165, 1.54) is 6.07 Å². The molecule has 2 heterocycles. The van der Waals surface area contributed by atoms with Gasteiger partial charge in [-0.05, 0) is 31.4 Å². The van der Waals surface area contributed by atoms with Crippen molar-refractivity contribution in [3.63, 3.8) is 0 Å². The molecule has 1 unspecified atom stereocenters. The lowest BCUT2D eigenvalue weighted by molar-refractivity contribution is -0.130. The summed E-state index contributed by atoms with van der Waals surface area (Å²) in [5.41, 5.74) is 5.91. The van der Waals surface area contributed by atoms with E-state index in [0.29, 0.717) is 44.8 Å². The van der Waals surface area contributed by atoms with E-state index in [0.717, 1.165) is 6.42 Å². The second kappa shape index (κ2) is 7.53. The van der Waals surface area contributed by atoms with Crippen LogP contribution in [0.1, 0.15) is 19.3 Å². The summed E-state index contributed by atoms with van der Waals surface area (Å²) in [5, 5.41) is 3.00. The molecule has 1 aromatic carbocycles. The van der Waals surface area contributed by atoms with Crippen LogP contribution in [0.3, 0.4) is 0 Å². The number of hydrogen-bond acceptors (Lipinski definition) is 5. The molecule has 2 fully saturated rings. The lowest BCUT2D eigenvalue weighted by atomic mass is 9.90. The molecular formula is C17H23F2N3O3. The molecule has 8 heteroatoms. The second-order valence-corrected chi connectivity index (χ2v) is 6.52. The number of nitrogens with two attached hydrogens (primary N) is 1. The molecule has 0 aliphatic carbocycles. The topological polar surface area (TPSA) is 76.8 Å². The maximum atomic E-state index is 12.6. The van der Waals surface area contributed by atoms with Gasteiger partial charge in [-0.25, -0.2) is 0 Å². The standard InChI is InChI=1S/C17H23F2N3O3/c18-16(19)25-14-4-2-1-3-13(14)22-8-5-12(11-22)21-15(23)17(20)6-9-24-10-7-17/h1-4,12,16H,5-11,20H2,(H,21,23). The van der Waals surface area contributed by atoms with E-state index in [4.69, 9.17) is 10.5 Å². The highest BCUT2D eigenvalue weighted by Crippen LogP contribution is 2.32. The second-order valence-electron chi connectivity index (χ2n) is 6.52. The molecule has 0 saturated carbocycles. The van der Waals surface area contributed by atoms with Gasteiger partial charge in [0.1, 0.15) is 5.75 Å². The first-order valence-corrected chi connectivity index (χ1v) is 8.44. The minimum atomic E-state index is -2.87. The zero-order valence-electron chi connectivity index (χ0n) is 13.9. The Balaban J connectivity index is 1.61. The van der Waals surface area contributed by atoms with Gasteiger partial charge < -0.3 is 25.4 Å². The van der Waals surface area contributed by atoms with Gasteiger partial charge in [-0.15, -0.1) is 0 Å². The van der Waals surface area contributed by atoms with E-state index in [1.807, 2.05) is 4.90 Å². The number of benzene rings is 1. The number of carbonyl (C=O) groups is 1. The number of amides is 1. The molecule has 2 aliphatic heterocycles. The average molecular weight is 355 g/mol. The first-order chi connectivity index (χ1) is 12.0. The Morgan fingerprint density at radius 3 is 2.80 bits per heavy atom. The van der Waals surface area contributed by atoms with Crippen molar-refractivity contribution in [3.05, 3.63) is 24.3 Å². The highest BCUT2D eigenvalue weighted by molar-refractivity contribution is 5.86. The van der Waals surface area contributed by atoms with Crippen LogP contribution >= 0.6 is 0 Å². The molecular weight excluding hydrogens is 332 g/mol. The molecule has 25 heavy (non-hydrogen) atoms. The van der Waals surface area contributed by atoms with E-state index in [-0.39, 0.29) is 17.7 Å². The number of carbonyl (C=O) groups excluding carboxylic acids is 1. The highest BCUT2D eigenvalue weighted by Gasteiger charge is 2.38. The van der Waals surface area contributed by atoms with Gasteiger partial charge in [0.05, 0.1) is 11.2 Å². The van der Waals surface area contributed by atoms with Crippen LogP contribution in [-0.2, 0) is 9.53 Å². The largest absolute Gasteiger partial charge is 0.433 e. The van der Waals surface area contributed by atoms with Crippen molar-refractivity contribution in [1.82, 2.24) is 5.32 Å². The van der Waals surface area contributed by atoms with E-state index in [2.05, 4.69) is 10.1 Å². The van der Waals surface area contributed by atoms with Crippen LogP contribution in [0.25, 0.3) is 0 Å². The minimum absolute atomic E-state index is 0.0737. The number of anilines is 1. The number of nitrogens with zero attached hydrogens (tertiary/aromatic N) is 1. The van der Waals surface area contributed by atoms with E-state index in [9.17, 15) is 13.6 Å². The van der Waals surface area contributed by atoms with Crippen LogP contribution in [0.15, 0.2) is 24.3 Å². The Kier molecular flexibility index (Phi) is 5.39. The Labute approximate surface area is 145 Å². The quantitative estimate of drug-likeness (QED) is 0.837. The van der Waals surface area contributed by atoms with Crippen molar-refractivity contribution in [2.45, 2.75) is 37.5 Å². The fraction of sp³-hybridized carbons (Fsp3) is 0.588. The van der Waals surface area contributed by atoms with Crippen molar-refractivity contribution < 1.29 is 23.0 Å². The van der Waals surface area contributed by atoms with E-state index >= 15 is 0 Å². The van der Waals surface area contributed by atoms with Gasteiger partial charge in [0.25, 0.3) is 0 Å². The van der Waals surface area contributed by atoms with E-state index < -0.39 is 12.2 Å². The Morgan fingerprint density at radius 1 is 1.36 bits per heavy atom. The Morgan fingerprint density at radius 2 is 2.08 bits per heavy atom. The third-order valence-electron chi connectivity index (χ3n) is 4.78. The summed E-state index contributed by atoms with van der Waals surface area (Å²) < 4.78 is 35.0.